The van der Waals surface area contributed by atoms with Gasteiger partial charge in [-0.25, -0.2) is 0 Å². The van der Waals surface area contributed by atoms with Gasteiger partial charge in [-0.05, 0) is 57.8 Å². The molecule has 2 atom stereocenters. The van der Waals surface area contributed by atoms with Crippen LogP contribution in [0, 0.1) is 0 Å². The summed E-state index contributed by atoms with van der Waals surface area (Å²) in [5.41, 5.74) is 0. The Morgan fingerprint density at radius 2 is 0.978 bits per heavy atom. The number of carbonyl (C=O) groups is 1. The smallest absolute Gasteiger partial charge is 0.220 e. The second kappa shape index (κ2) is 36.6. The number of aliphatic hydroxyl groups excluding tert-OH is 2. The molecule has 0 aliphatic rings. The summed E-state index contributed by atoms with van der Waals surface area (Å²) in [4.78, 5) is 12.3. The number of carbonyl (C=O) groups excluding carboxylic acids is 1. The zero-order valence-electron chi connectivity index (χ0n) is 29.6. The molecule has 0 rings (SSSR count). The zero-order chi connectivity index (χ0) is 32.9. The van der Waals surface area contributed by atoms with E-state index in [9.17, 15) is 15.0 Å². The minimum Gasteiger partial charge on any atom is -0.394 e. The van der Waals surface area contributed by atoms with Crippen molar-refractivity contribution in [2.45, 2.75) is 187 Å². The molecule has 0 aliphatic heterocycles. The Balaban J connectivity index is 3.51. The van der Waals surface area contributed by atoms with Crippen LogP contribution in [0.5, 0.6) is 0 Å². The van der Waals surface area contributed by atoms with Crippen LogP contribution in [0.3, 0.4) is 0 Å². The van der Waals surface area contributed by atoms with E-state index < -0.39 is 12.1 Å². The van der Waals surface area contributed by atoms with Gasteiger partial charge in [0.1, 0.15) is 0 Å². The average Bonchev–Trinajstić information content (AvgIpc) is 3.04. The van der Waals surface area contributed by atoms with E-state index in [1.54, 1.807) is 0 Å². The lowest BCUT2D eigenvalue weighted by molar-refractivity contribution is -0.123. The molecular weight excluding hydrogens is 554 g/mol. The Morgan fingerprint density at radius 1 is 0.556 bits per heavy atom. The molecule has 0 aliphatic carbocycles. The minimum absolute atomic E-state index is 0.0441. The van der Waals surface area contributed by atoms with Gasteiger partial charge in [0, 0.05) is 6.42 Å². The number of nitrogens with one attached hydrogen (secondary N) is 1. The largest absolute Gasteiger partial charge is 0.394 e. The Labute approximate surface area is 279 Å². The molecule has 2 unspecified atom stereocenters. The van der Waals surface area contributed by atoms with Crippen LogP contribution in [0.15, 0.2) is 60.8 Å². The number of aliphatic hydroxyl groups is 2. The molecule has 0 radical (unpaired) electrons. The van der Waals surface area contributed by atoms with Crippen LogP contribution in [0.2, 0.25) is 0 Å². The molecule has 0 fully saturated rings. The van der Waals surface area contributed by atoms with Crippen molar-refractivity contribution in [3.8, 4) is 0 Å². The van der Waals surface area contributed by atoms with Crippen LogP contribution >= 0.6 is 0 Å². The van der Waals surface area contributed by atoms with E-state index in [1.165, 1.54) is 89.9 Å². The van der Waals surface area contributed by atoms with Crippen molar-refractivity contribution in [2.75, 3.05) is 6.61 Å². The summed E-state index contributed by atoms with van der Waals surface area (Å²) in [6.07, 6.45) is 50.2. The molecule has 0 aromatic rings. The summed E-state index contributed by atoms with van der Waals surface area (Å²) < 4.78 is 0. The fourth-order valence-electron chi connectivity index (χ4n) is 5.38. The zero-order valence-corrected chi connectivity index (χ0v) is 29.6. The Morgan fingerprint density at radius 3 is 1.47 bits per heavy atom. The highest BCUT2D eigenvalue weighted by Crippen LogP contribution is 2.14. The van der Waals surface area contributed by atoms with Crippen molar-refractivity contribution in [3.05, 3.63) is 60.8 Å². The molecule has 0 heterocycles. The Hall–Kier alpha value is -1.91. The number of unbranched alkanes of at least 4 members (excludes halogenated alkanes) is 16. The van der Waals surface area contributed by atoms with E-state index >= 15 is 0 Å². The molecule has 0 bridgehead atoms. The normalized spacial score (nSPS) is 13.8. The fourth-order valence-corrected chi connectivity index (χ4v) is 5.38. The van der Waals surface area contributed by atoms with E-state index in [0.717, 1.165) is 57.8 Å². The minimum atomic E-state index is -0.658. The van der Waals surface area contributed by atoms with E-state index in [0.29, 0.717) is 12.8 Å². The first-order valence-electron chi connectivity index (χ1n) is 19.0. The first-order valence-corrected chi connectivity index (χ1v) is 19.0. The summed E-state index contributed by atoms with van der Waals surface area (Å²) in [5, 5.41) is 22.8. The first kappa shape index (κ1) is 43.1. The molecule has 260 valence electrons. The number of amides is 1. The van der Waals surface area contributed by atoms with Gasteiger partial charge < -0.3 is 15.5 Å². The van der Waals surface area contributed by atoms with Gasteiger partial charge in [-0.3, -0.25) is 4.79 Å². The second-order valence-electron chi connectivity index (χ2n) is 12.6. The summed E-state index contributed by atoms with van der Waals surface area (Å²) in [6.45, 7) is 4.17. The maximum absolute atomic E-state index is 12.3. The molecular formula is C41H73NO3. The molecule has 4 nitrogen and oxygen atoms in total. The fraction of sp³-hybridized carbons (Fsp3) is 0.732. The summed E-state index contributed by atoms with van der Waals surface area (Å²) in [5.74, 6) is -0.0441. The van der Waals surface area contributed by atoms with Crippen LogP contribution in [0.1, 0.15) is 174 Å². The van der Waals surface area contributed by atoms with Crippen molar-refractivity contribution in [2.24, 2.45) is 0 Å². The van der Waals surface area contributed by atoms with Gasteiger partial charge in [0.15, 0.2) is 0 Å². The van der Waals surface area contributed by atoms with Gasteiger partial charge in [-0.15, -0.1) is 0 Å². The lowest BCUT2D eigenvalue weighted by Crippen LogP contribution is -2.45. The van der Waals surface area contributed by atoms with Gasteiger partial charge in [0.2, 0.25) is 5.91 Å². The lowest BCUT2D eigenvalue weighted by Gasteiger charge is -2.22. The monoisotopic (exact) mass is 628 g/mol. The van der Waals surface area contributed by atoms with E-state index in [-0.39, 0.29) is 12.5 Å². The third kappa shape index (κ3) is 33.3. The third-order valence-corrected chi connectivity index (χ3v) is 8.29. The molecule has 0 spiro atoms. The van der Waals surface area contributed by atoms with Crippen molar-refractivity contribution in [1.29, 1.82) is 0 Å². The molecule has 0 saturated carbocycles. The number of allylic oxidation sites excluding steroid dienone is 10. The molecule has 0 aromatic carbocycles. The predicted octanol–water partition coefficient (Wildman–Crippen LogP) is 11.4. The van der Waals surface area contributed by atoms with Crippen molar-refractivity contribution in [3.63, 3.8) is 0 Å². The molecule has 45 heavy (non-hydrogen) atoms. The van der Waals surface area contributed by atoms with Crippen molar-refractivity contribution < 1.29 is 15.0 Å². The van der Waals surface area contributed by atoms with Crippen molar-refractivity contribution in [1.82, 2.24) is 5.32 Å². The first-order chi connectivity index (χ1) is 22.2. The summed E-state index contributed by atoms with van der Waals surface area (Å²) in [7, 11) is 0. The quantitative estimate of drug-likeness (QED) is 0.0501. The third-order valence-electron chi connectivity index (χ3n) is 8.29. The highest BCUT2D eigenvalue weighted by molar-refractivity contribution is 5.76. The van der Waals surface area contributed by atoms with Crippen LogP contribution in [-0.2, 0) is 4.79 Å². The molecule has 3 N–H and O–H groups in total. The number of hydrogen-bond acceptors (Lipinski definition) is 3. The Bertz CT molecular complexity index is 767. The predicted molar refractivity (Wildman–Crippen MR) is 197 cm³/mol. The number of hydrogen-bond donors (Lipinski definition) is 3. The standard InChI is InChI=1S/C41H73NO3/c1-3-5-7-9-11-12-13-14-15-16-17-18-19-20-21-22-23-24-25-26-27-28-29-30-31-33-35-37-41(45)42-39(38-43)40(44)36-34-32-10-8-6-4-2/h5,7,11-12,14-15,17-18,20-21,39-40,43-44H,3-4,6,8-10,13,16,19,22-38H2,1-2H3,(H,42,45)/b7-5-,12-11-,15-14-,18-17-,21-20-. The topological polar surface area (TPSA) is 69.6 Å². The Kier molecular flexibility index (Phi) is 35.0. The molecule has 0 saturated heterocycles. The van der Waals surface area contributed by atoms with E-state index in [2.05, 4.69) is 79.9 Å². The van der Waals surface area contributed by atoms with Gasteiger partial charge in [-0.1, -0.05) is 171 Å². The summed E-state index contributed by atoms with van der Waals surface area (Å²) >= 11 is 0. The number of rotatable bonds is 33. The maximum Gasteiger partial charge on any atom is 0.220 e. The maximum atomic E-state index is 12.3. The summed E-state index contributed by atoms with van der Waals surface area (Å²) in [6, 6.07) is -0.536. The van der Waals surface area contributed by atoms with Gasteiger partial charge in [0.05, 0.1) is 18.8 Å². The van der Waals surface area contributed by atoms with E-state index in [4.69, 9.17) is 0 Å². The SMILES string of the molecule is CC/C=C\C/C=C\C/C=C\C/C=C\C/C=C\CCCCCCCCCCCCCC(=O)NC(CO)C(O)CCCCCCCC. The molecule has 0 aromatic heterocycles. The van der Waals surface area contributed by atoms with Crippen LogP contribution in [0.25, 0.3) is 0 Å². The highest BCUT2D eigenvalue weighted by Gasteiger charge is 2.19. The van der Waals surface area contributed by atoms with Crippen molar-refractivity contribution >= 4 is 5.91 Å². The van der Waals surface area contributed by atoms with Gasteiger partial charge >= 0.3 is 0 Å². The van der Waals surface area contributed by atoms with Gasteiger partial charge in [-0.2, -0.15) is 0 Å². The molecule has 1 amide bonds. The molecule has 4 heteroatoms. The van der Waals surface area contributed by atoms with Crippen LogP contribution in [-0.4, -0.2) is 34.9 Å². The highest BCUT2D eigenvalue weighted by atomic mass is 16.3. The van der Waals surface area contributed by atoms with Gasteiger partial charge in [0.25, 0.3) is 0 Å². The second-order valence-corrected chi connectivity index (χ2v) is 12.6. The lowest BCUT2D eigenvalue weighted by atomic mass is 10.0. The van der Waals surface area contributed by atoms with Crippen LogP contribution < -0.4 is 5.32 Å². The van der Waals surface area contributed by atoms with E-state index in [1.807, 2.05) is 0 Å². The average molecular weight is 628 g/mol. The van der Waals surface area contributed by atoms with Crippen LogP contribution in [0.4, 0.5) is 0 Å².